The first-order chi connectivity index (χ1) is 17.0. The fourth-order valence-corrected chi connectivity index (χ4v) is 4.95. The van der Waals surface area contributed by atoms with Crippen molar-refractivity contribution >= 4 is 0 Å². The van der Waals surface area contributed by atoms with Crippen molar-refractivity contribution in [3.63, 3.8) is 0 Å². The summed E-state index contributed by atoms with van der Waals surface area (Å²) in [5.74, 6) is 0. The Morgan fingerprint density at radius 3 is 1.37 bits per heavy atom. The Kier molecular flexibility index (Phi) is 25.4. The Bertz CT molecular complexity index is 412. The van der Waals surface area contributed by atoms with Crippen LogP contribution >= 0.6 is 0 Å². The first-order valence-electron chi connectivity index (χ1n) is 16.1. The third-order valence-corrected chi connectivity index (χ3v) is 7.47. The van der Waals surface area contributed by atoms with Gasteiger partial charge in [0.05, 0.1) is 20.2 Å². The molecule has 35 heavy (non-hydrogen) atoms. The summed E-state index contributed by atoms with van der Waals surface area (Å²) in [7, 11) is 4.42. The van der Waals surface area contributed by atoms with Gasteiger partial charge < -0.3 is 4.74 Å². The molecule has 3 nitrogen and oxygen atoms in total. The second kappa shape index (κ2) is 25.5. The molecule has 0 aromatic rings. The van der Waals surface area contributed by atoms with E-state index >= 15 is 0 Å². The van der Waals surface area contributed by atoms with Gasteiger partial charge in [-0.1, -0.05) is 143 Å². The third-order valence-electron chi connectivity index (χ3n) is 7.47. The fourth-order valence-electron chi connectivity index (χ4n) is 4.95. The lowest BCUT2D eigenvalue weighted by molar-refractivity contribution is -1.08. The average molecular weight is 499 g/mol. The van der Waals surface area contributed by atoms with Gasteiger partial charge in [-0.15, -0.1) is 0 Å². The predicted molar refractivity (Wildman–Crippen MR) is 156 cm³/mol. The summed E-state index contributed by atoms with van der Waals surface area (Å²) in [6.07, 6.45) is 30.2. The average Bonchev–Trinajstić information content (AvgIpc) is 2.84. The largest absolute Gasteiger partial charge is 0.376 e. The van der Waals surface area contributed by atoms with Crippen molar-refractivity contribution in [2.24, 2.45) is 0 Å². The van der Waals surface area contributed by atoms with Gasteiger partial charge in [0.25, 0.3) is 0 Å². The summed E-state index contributed by atoms with van der Waals surface area (Å²) in [6, 6.07) is 0. The Morgan fingerprint density at radius 2 is 0.914 bits per heavy atom. The SMILES string of the molecule is CCCCCCCCCCCCCCCCOC(C)C(CCCCCCC)O[N+](C)(C)CCCC. The van der Waals surface area contributed by atoms with Crippen molar-refractivity contribution in [3.8, 4) is 0 Å². The molecule has 0 spiro atoms. The minimum Gasteiger partial charge on any atom is -0.376 e. The standard InChI is InChI=1S/C32H68NO2/c1-7-10-13-15-16-17-18-19-20-21-22-23-25-27-30-34-31(4)32(28-26-24-14-11-8-2)35-33(5,6)29-12-9-3/h31-32H,7-30H2,1-6H3/q+1. The lowest BCUT2D eigenvalue weighted by Gasteiger charge is -2.34. The molecule has 212 valence electrons. The molecule has 0 amide bonds. The topological polar surface area (TPSA) is 18.5 Å². The van der Waals surface area contributed by atoms with Crippen LogP contribution < -0.4 is 0 Å². The van der Waals surface area contributed by atoms with Crippen LogP contribution in [-0.4, -0.2) is 44.1 Å². The van der Waals surface area contributed by atoms with Gasteiger partial charge in [-0.2, -0.15) is 9.48 Å². The lowest BCUT2D eigenvalue weighted by atomic mass is 10.0. The molecule has 0 aliphatic heterocycles. The van der Waals surface area contributed by atoms with E-state index in [9.17, 15) is 0 Å². The molecule has 0 aliphatic rings. The van der Waals surface area contributed by atoms with Crippen LogP contribution in [0.4, 0.5) is 0 Å². The molecule has 0 aromatic heterocycles. The van der Waals surface area contributed by atoms with Crippen molar-refractivity contribution in [3.05, 3.63) is 0 Å². The summed E-state index contributed by atoms with van der Waals surface area (Å²) < 4.78 is 6.96. The number of rotatable bonds is 28. The molecule has 0 saturated heterocycles. The van der Waals surface area contributed by atoms with Crippen LogP contribution in [0.2, 0.25) is 0 Å². The molecular formula is C32H68NO2+. The van der Waals surface area contributed by atoms with E-state index in [0.29, 0.717) is 4.65 Å². The molecule has 2 unspecified atom stereocenters. The van der Waals surface area contributed by atoms with Crippen LogP contribution in [0.1, 0.15) is 169 Å². The number of quaternary nitrogens is 1. The van der Waals surface area contributed by atoms with Crippen molar-refractivity contribution < 1.29 is 14.2 Å². The van der Waals surface area contributed by atoms with Crippen molar-refractivity contribution in [2.45, 2.75) is 181 Å². The zero-order valence-electron chi connectivity index (χ0n) is 25.4. The van der Waals surface area contributed by atoms with Gasteiger partial charge in [-0.3, -0.25) is 0 Å². The molecule has 0 N–H and O–H groups in total. The van der Waals surface area contributed by atoms with E-state index in [2.05, 4.69) is 41.8 Å². The van der Waals surface area contributed by atoms with E-state index in [1.165, 1.54) is 135 Å². The van der Waals surface area contributed by atoms with Crippen LogP contribution in [0.25, 0.3) is 0 Å². The number of unbranched alkanes of at least 4 members (excludes halogenated alkanes) is 18. The molecule has 0 saturated carbocycles. The van der Waals surface area contributed by atoms with Crippen LogP contribution in [0.5, 0.6) is 0 Å². The Balaban J connectivity index is 3.93. The third kappa shape index (κ3) is 24.0. The first kappa shape index (κ1) is 34.9. The summed E-state index contributed by atoms with van der Waals surface area (Å²) >= 11 is 0. The predicted octanol–water partition coefficient (Wildman–Crippen LogP) is 10.4. The highest BCUT2D eigenvalue weighted by molar-refractivity contribution is 4.66. The molecule has 0 radical (unpaired) electrons. The molecule has 0 heterocycles. The second-order valence-corrected chi connectivity index (χ2v) is 11.7. The summed E-state index contributed by atoms with van der Waals surface area (Å²) in [6.45, 7) is 11.0. The number of hydrogen-bond donors (Lipinski definition) is 0. The molecule has 0 fully saturated rings. The first-order valence-corrected chi connectivity index (χ1v) is 16.1. The molecule has 2 atom stereocenters. The zero-order chi connectivity index (χ0) is 26.0. The van der Waals surface area contributed by atoms with Gasteiger partial charge in [0, 0.05) is 6.61 Å². The van der Waals surface area contributed by atoms with Gasteiger partial charge in [0.15, 0.2) is 0 Å². The van der Waals surface area contributed by atoms with Crippen molar-refractivity contribution in [1.29, 1.82) is 0 Å². The van der Waals surface area contributed by atoms with Gasteiger partial charge in [0.1, 0.15) is 12.6 Å². The minimum absolute atomic E-state index is 0.183. The molecule has 3 heteroatoms. The molecular weight excluding hydrogens is 430 g/mol. The highest BCUT2D eigenvalue weighted by Gasteiger charge is 2.28. The van der Waals surface area contributed by atoms with E-state index in [4.69, 9.17) is 9.57 Å². The van der Waals surface area contributed by atoms with E-state index in [1.54, 1.807) is 0 Å². The van der Waals surface area contributed by atoms with Gasteiger partial charge in [-0.05, 0) is 26.2 Å². The monoisotopic (exact) mass is 499 g/mol. The molecule has 0 aromatic carbocycles. The highest BCUT2D eigenvalue weighted by Crippen LogP contribution is 2.19. The smallest absolute Gasteiger partial charge is 0.142 e. The van der Waals surface area contributed by atoms with Gasteiger partial charge >= 0.3 is 0 Å². The highest BCUT2D eigenvalue weighted by atomic mass is 16.7. The van der Waals surface area contributed by atoms with Crippen LogP contribution in [0, 0.1) is 0 Å². The number of nitrogens with zero attached hydrogens (tertiary/aromatic N) is 1. The van der Waals surface area contributed by atoms with Crippen LogP contribution in [-0.2, 0) is 9.57 Å². The fraction of sp³-hybridized carbons (Fsp3) is 1.00. The lowest BCUT2D eigenvalue weighted by Crippen LogP contribution is -2.47. The Hall–Kier alpha value is -0.120. The van der Waals surface area contributed by atoms with E-state index in [0.717, 1.165) is 19.6 Å². The molecule has 0 aliphatic carbocycles. The Morgan fingerprint density at radius 1 is 0.514 bits per heavy atom. The van der Waals surface area contributed by atoms with Crippen LogP contribution in [0.3, 0.4) is 0 Å². The number of hydroxylamine groups is 3. The van der Waals surface area contributed by atoms with Gasteiger partial charge in [-0.25, -0.2) is 0 Å². The quantitative estimate of drug-likeness (QED) is 0.0606. The maximum absolute atomic E-state index is 6.60. The molecule has 0 rings (SSSR count). The summed E-state index contributed by atoms with van der Waals surface area (Å²) in [5.41, 5.74) is 0. The van der Waals surface area contributed by atoms with E-state index in [-0.39, 0.29) is 12.2 Å². The number of hydrogen-bond acceptors (Lipinski definition) is 2. The van der Waals surface area contributed by atoms with Crippen molar-refractivity contribution in [2.75, 3.05) is 27.2 Å². The maximum Gasteiger partial charge on any atom is 0.142 e. The zero-order valence-corrected chi connectivity index (χ0v) is 25.4. The summed E-state index contributed by atoms with van der Waals surface area (Å²) in [4.78, 5) is 6.60. The number of ether oxygens (including phenoxy) is 1. The van der Waals surface area contributed by atoms with E-state index < -0.39 is 0 Å². The maximum atomic E-state index is 6.60. The van der Waals surface area contributed by atoms with Crippen molar-refractivity contribution in [1.82, 2.24) is 0 Å². The molecule has 0 bridgehead atoms. The Labute approximate surface area is 222 Å². The normalized spacial score (nSPS) is 13.9. The minimum atomic E-state index is 0.183. The summed E-state index contributed by atoms with van der Waals surface area (Å²) in [5, 5.41) is 0. The van der Waals surface area contributed by atoms with E-state index in [1.807, 2.05) is 0 Å². The van der Waals surface area contributed by atoms with Crippen LogP contribution in [0.15, 0.2) is 0 Å². The second-order valence-electron chi connectivity index (χ2n) is 11.7. The van der Waals surface area contributed by atoms with Gasteiger partial charge in [0.2, 0.25) is 0 Å².